The third-order valence-corrected chi connectivity index (χ3v) is 5.57. The average molecular weight is 456 g/mol. The van der Waals surface area contributed by atoms with E-state index in [1.54, 1.807) is 34.8 Å². The van der Waals surface area contributed by atoms with Crippen molar-refractivity contribution in [1.82, 2.24) is 14.9 Å². The van der Waals surface area contributed by atoms with Crippen molar-refractivity contribution in [2.45, 2.75) is 17.8 Å². The number of rotatable bonds is 5. The molecular formula is C17H13BrCl2N4S. The number of hydrogen-bond acceptors (Lipinski definition) is 4. The molecule has 0 aliphatic carbocycles. The summed E-state index contributed by atoms with van der Waals surface area (Å²) in [6, 6.07) is 13.6. The lowest BCUT2D eigenvalue weighted by atomic mass is 10.2. The van der Waals surface area contributed by atoms with Crippen molar-refractivity contribution in [3.05, 3.63) is 73.9 Å². The van der Waals surface area contributed by atoms with Crippen molar-refractivity contribution in [2.24, 2.45) is 5.10 Å². The first-order valence-corrected chi connectivity index (χ1v) is 9.85. The molecule has 2 aromatic carbocycles. The highest BCUT2D eigenvalue weighted by molar-refractivity contribution is 9.10. The zero-order chi connectivity index (χ0) is 17.8. The van der Waals surface area contributed by atoms with Crippen LogP contribution in [0.5, 0.6) is 0 Å². The molecule has 1 heterocycles. The van der Waals surface area contributed by atoms with Crippen LogP contribution < -0.4 is 0 Å². The van der Waals surface area contributed by atoms with Crippen molar-refractivity contribution in [3.63, 3.8) is 0 Å². The van der Waals surface area contributed by atoms with Crippen molar-refractivity contribution < 1.29 is 0 Å². The zero-order valence-corrected chi connectivity index (χ0v) is 17.1. The Labute approximate surface area is 168 Å². The molecule has 0 aliphatic rings. The normalized spacial score (nSPS) is 11.4. The van der Waals surface area contributed by atoms with Crippen molar-refractivity contribution >= 4 is 57.1 Å². The quantitative estimate of drug-likeness (QED) is 0.359. The molecule has 0 amide bonds. The van der Waals surface area contributed by atoms with E-state index in [1.807, 2.05) is 25.1 Å². The summed E-state index contributed by atoms with van der Waals surface area (Å²) in [5, 5.41) is 14.5. The van der Waals surface area contributed by atoms with Crippen molar-refractivity contribution in [1.29, 1.82) is 0 Å². The Hall–Kier alpha value is -1.34. The monoisotopic (exact) mass is 454 g/mol. The van der Waals surface area contributed by atoms with E-state index in [0.29, 0.717) is 10.0 Å². The van der Waals surface area contributed by atoms with Crippen LogP contribution in [0.25, 0.3) is 0 Å². The van der Waals surface area contributed by atoms with Gasteiger partial charge in [0.1, 0.15) is 0 Å². The molecule has 3 aromatic rings. The van der Waals surface area contributed by atoms with E-state index in [0.717, 1.165) is 26.8 Å². The number of thioether (sulfide) groups is 1. The summed E-state index contributed by atoms with van der Waals surface area (Å²) in [7, 11) is 0. The summed E-state index contributed by atoms with van der Waals surface area (Å²) in [5.74, 6) is 1.50. The first kappa shape index (κ1) is 18.5. The molecule has 0 N–H and O–H groups in total. The highest BCUT2D eigenvalue weighted by Gasteiger charge is 2.09. The largest absolute Gasteiger partial charge is 0.212 e. The van der Waals surface area contributed by atoms with Gasteiger partial charge in [-0.1, -0.05) is 69.1 Å². The van der Waals surface area contributed by atoms with Gasteiger partial charge in [0.25, 0.3) is 0 Å². The topological polar surface area (TPSA) is 43.1 Å². The molecule has 0 aliphatic heterocycles. The van der Waals surface area contributed by atoms with Crippen LogP contribution in [0.4, 0.5) is 0 Å². The predicted octanol–water partition coefficient (Wildman–Crippen LogP) is 5.83. The second-order valence-corrected chi connectivity index (χ2v) is 7.85. The fourth-order valence-electron chi connectivity index (χ4n) is 2.01. The number of aryl methyl sites for hydroxylation is 1. The molecule has 0 spiro atoms. The highest BCUT2D eigenvalue weighted by Crippen LogP contribution is 2.24. The summed E-state index contributed by atoms with van der Waals surface area (Å²) >= 11 is 17.0. The molecule has 0 fully saturated rings. The minimum absolute atomic E-state index is 0.496. The fraction of sp³-hybridized carbons (Fsp3) is 0.118. The lowest BCUT2D eigenvalue weighted by molar-refractivity contribution is 0.744. The Kier molecular flexibility index (Phi) is 6.17. The van der Waals surface area contributed by atoms with Gasteiger partial charge in [0.2, 0.25) is 5.16 Å². The maximum absolute atomic E-state index is 6.03. The molecule has 0 atom stereocenters. The first-order chi connectivity index (χ1) is 12.0. The molecule has 8 heteroatoms. The molecule has 128 valence electrons. The number of halogens is 3. The molecule has 3 rings (SSSR count). The lowest BCUT2D eigenvalue weighted by Gasteiger charge is -2.03. The standard InChI is InChI=1S/C17H13BrCl2N4S/c1-11-22-23-17(25-10-12-2-5-14(18)6-3-12)24(11)21-9-13-4-7-15(19)16(20)8-13/h2-9H,10H2,1H3/b21-9-. The summed E-state index contributed by atoms with van der Waals surface area (Å²) in [4.78, 5) is 0. The number of nitrogens with zero attached hydrogens (tertiary/aromatic N) is 4. The minimum Gasteiger partial charge on any atom is -0.192 e. The summed E-state index contributed by atoms with van der Waals surface area (Å²) in [5.41, 5.74) is 2.06. The molecule has 0 saturated heterocycles. The van der Waals surface area contributed by atoms with Crippen LogP contribution in [-0.2, 0) is 5.75 Å². The van der Waals surface area contributed by atoms with E-state index in [-0.39, 0.29) is 0 Å². The average Bonchev–Trinajstić information content (AvgIpc) is 2.95. The number of aromatic nitrogens is 3. The second kappa shape index (κ2) is 8.36. The minimum atomic E-state index is 0.496. The Morgan fingerprint density at radius 3 is 2.60 bits per heavy atom. The Morgan fingerprint density at radius 2 is 1.88 bits per heavy atom. The maximum Gasteiger partial charge on any atom is 0.212 e. The van der Waals surface area contributed by atoms with Gasteiger partial charge in [-0.15, -0.1) is 10.2 Å². The van der Waals surface area contributed by atoms with Gasteiger partial charge in [0.05, 0.1) is 16.3 Å². The molecule has 0 saturated carbocycles. The number of hydrogen-bond donors (Lipinski definition) is 0. The maximum atomic E-state index is 6.03. The Morgan fingerprint density at radius 1 is 1.12 bits per heavy atom. The molecule has 1 aromatic heterocycles. The van der Waals surface area contributed by atoms with Crippen molar-refractivity contribution in [2.75, 3.05) is 0 Å². The van der Waals surface area contributed by atoms with E-state index in [9.17, 15) is 0 Å². The van der Waals surface area contributed by atoms with Gasteiger partial charge < -0.3 is 0 Å². The third-order valence-electron chi connectivity index (χ3n) is 3.32. The van der Waals surface area contributed by atoms with E-state index < -0.39 is 0 Å². The van der Waals surface area contributed by atoms with Crippen molar-refractivity contribution in [3.8, 4) is 0 Å². The van der Waals surface area contributed by atoms with Gasteiger partial charge in [0, 0.05) is 10.2 Å². The van der Waals surface area contributed by atoms with Gasteiger partial charge in [-0.25, -0.2) is 0 Å². The van der Waals surface area contributed by atoms with E-state index in [4.69, 9.17) is 23.2 Å². The summed E-state index contributed by atoms with van der Waals surface area (Å²) < 4.78 is 2.78. The van der Waals surface area contributed by atoms with Gasteiger partial charge >= 0.3 is 0 Å². The van der Waals surface area contributed by atoms with Crippen LogP contribution in [0.3, 0.4) is 0 Å². The summed E-state index contributed by atoms with van der Waals surface area (Å²) in [6.45, 7) is 1.86. The van der Waals surface area contributed by atoms with Crippen LogP contribution in [0.2, 0.25) is 10.0 Å². The molecule has 0 radical (unpaired) electrons. The van der Waals surface area contributed by atoms with Gasteiger partial charge in [-0.2, -0.15) is 9.78 Å². The molecule has 4 nitrogen and oxygen atoms in total. The van der Waals surface area contributed by atoms with Crippen LogP contribution in [0.15, 0.2) is 57.2 Å². The van der Waals surface area contributed by atoms with Crippen LogP contribution in [-0.4, -0.2) is 21.1 Å². The van der Waals surface area contributed by atoms with Gasteiger partial charge in [-0.3, -0.25) is 0 Å². The molecule has 0 unspecified atom stereocenters. The van der Waals surface area contributed by atoms with Gasteiger partial charge in [0.15, 0.2) is 5.82 Å². The zero-order valence-electron chi connectivity index (χ0n) is 13.2. The van der Waals surface area contributed by atoms with E-state index in [1.165, 1.54) is 5.56 Å². The Bertz CT molecular complexity index is 910. The fourth-order valence-corrected chi connectivity index (χ4v) is 3.47. The van der Waals surface area contributed by atoms with Gasteiger partial charge in [-0.05, 0) is 42.3 Å². The molecular weight excluding hydrogens is 443 g/mol. The second-order valence-electron chi connectivity index (χ2n) is 5.17. The van der Waals surface area contributed by atoms with Crippen LogP contribution in [0, 0.1) is 6.92 Å². The number of benzene rings is 2. The predicted molar refractivity (Wildman–Crippen MR) is 108 cm³/mol. The first-order valence-electron chi connectivity index (χ1n) is 7.31. The highest BCUT2D eigenvalue weighted by atomic mass is 79.9. The SMILES string of the molecule is Cc1nnc(SCc2ccc(Br)cc2)n1/N=C\c1ccc(Cl)c(Cl)c1. The molecule has 0 bridgehead atoms. The van der Waals surface area contributed by atoms with E-state index >= 15 is 0 Å². The third kappa shape index (κ3) is 4.85. The smallest absolute Gasteiger partial charge is 0.192 e. The van der Waals surface area contributed by atoms with Crippen LogP contribution >= 0.6 is 50.9 Å². The van der Waals surface area contributed by atoms with E-state index in [2.05, 4.69) is 43.4 Å². The molecule has 25 heavy (non-hydrogen) atoms. The lowest BCUT2D eigenvalue weighted by Crippen LogP contribution is -1.96. The van der Waals surface area contributed by atoms with Crippen LogP contribution in [0.1, 0.15) is 17.0 Å². The Balaban J connectivity index is 1.75. The summed E-state index contributed by atoms with van der Waals surface area (Å²) in [6.07, 6.45) is 1.71.